The number of carbonyl (C=O) groups excluding carboxylic acids is 1. The molecule has 0 aliphatic heterocycles. The maximum atomic E-state index is 11.9. The fourth-order valence-electron chi connectivity index (χ4n) is 3.57. The Hall–Kier alpha value is -1.96. The van der Waals surface area contributed by atoms with Crippen LogP contribution in [0.4, 0.5) is 0 Å². The second-order valence-electron chi connectivity index (χ2n) is 6.29. The summed E-state index contributed by atoms with van der Waals surface area (Å²) >= 11 is 4.26. The zero-order chi connectivity index (χ0) is 18.6. The summed E-state index contributed by atoms with van der Waals surface area (Å²) in [6.07, 6.45) is 0. The Morgan fingerprint density at radius 2 is 1.08 bits per heavy atom. The third kappa shape index (κ3) is 2.90. The third-order valence-corrected chi connectivity index (χ3v) is 15.6. The predicted octanol–water partition coefficient (Wildman–Crippen LogP) is 4.74. The van der Waals surface area contributed by atoms with E-state index in [1.165, 1.54) is 6.92 Å². The Bertz CT molecular complexity index is 782. The van der Waals surface area contributed by atoms with Crippen molar-refractivity contribution in [2.24, 2.45) is 0 Å². The van der Waals surface area contributed by atoms with Crippen molar-refractivity contribution in [2.45, 2.75) is 19.7 Å². The SMILES string of the molecule is CC(=O)OC(C)P(Br)(c1ccccc1)(c1ccccc1)c1ccccc1. The fourth-order valence-corrected chi connectivity index (χ4v) is 10.7. The average molecular weight is 429 g/mol. The first-order chi connectivity index (χ1) is 12.5. The second-order valence-corrected chi connectivity index (χ2v) is 15.1. The Balaban J connectivity index is 2.45. The Kier molecular flexibility index (Phi) is 5.32. The molecule has 0 aliphatic rings. The van der Waals surface area contributed by atoms with Crippen molar-refractivity contribution in [1.29, 1.82) is 0 Å². The van der Waals surface area contributed by atoms with Crippen LogP contribution in [0.25, 0.3) is 0 Å². The Labute approximate surface area is 162 Å². The molecule has 0 amide bonds. The van der Waals surface area contributed by atoms with Gasteiger partial charge in [-0.2, -0.15) is 0 Å². The molecule has 0 spiro atoms. The molecular formula is C22H22BrO2P. The van der Waals surface area contributed by atoms with Crippen LogP contribution in [-0.4, -0.2) is 11.8 Å². The molecule has 0 saturated carbocycles. The van der Waals surface area contributed by atoms with Gasteiger partial charge in [-0.25, -0.2) is 0 Å². The predicted molar refractivity (Wildman–Crippen MR) is 115 cm³/mol. The topological polar surface area (TPSA) is 26.3 Å². The van der Waals surface area contributed by atoms with E-state index >= 15 is 0 Å². The van der Waals surface area contributed by atoms with E-state index in [0.29, 0.717) is 0 Å². The van der Waals surface area contributed by atoms with Crippen molar-refractivity contribution >= 4 is 42.7 Å². The maximum absolute atomic E-state index is 11.9. The number of carbonyl (C=O) groups is 1. The molecule has 2 nitrogen and oxygen atoms in total. The Morgan fingerprint density at radius 1 is 0.769 bits per heavy atom. The summed E-state index contributed by atoms with van der Waals surface area (Å²) in [5.74, 6) is -0.653. The van der Waals surface area contributed by atoms with E-state index in [1.807, 2.05) is 61.5 Å². The summed E-state index contributed by atoms with van der Waals surface area (Å²) in [5.41, 5.74) is 0. The second kappa shape index (κ2) is 7.34. The van der Waals surface area contributed by atoms with Gasteiger partial charge in [-0.3, -0.25) is 0 Å². The normalized spacial score (nSPS) is 14.0. The molecule has 0 heterocycles. The molecule has 0 aromatic heterocycles. The molecule has 3 rings (SSSR count). The van der Waals surface area contributed by atoms with Gasteiger partial charge in [0.05, 0.1) is 0 Å². The van der Waals surface area contributed by atoms with Crippen LogP contribution in [0.1, 0.15) is 13.8 Å². The average Bonchev–Trinajstić information content (AvgIpc) is 2.69. The van der Waals surface area contributed by atoms with E-state index in [0.717, 1.165) is 15.9 Å². The van der Waals surface area contributed by atoms with Crippen molar-refractivity contribution in [2.75, 3.05) is 0 Å². The van der Waals surface area contributed by atoms with Gasteiger partial charge in [-0.05, 0) is 0 Å². The van der Waals surface area contributed by atoms with Crippen molar-refractivity contribution in [3.63, 3.8) is 0 Å². The molecule has 0 bridgehead atoms. The van der Waals surface area contributed by atoms with E-state index in [1.54, 1.807) is 0 Å². The molecule has 134 valence electrons. The Morgan fingerprint density at radius 3 is 1.35 bits per heavy atom. The summed E-state index contributed by atoms with van der Waals surface area (Å²) in [5, 5.41) is 0.152. The van der Waals surface area contributed by atoms with Crippen molar-refractivity contribution < 1.29 is 9.53 Å². The van der Waals surface area contributed by atoms with E-state index < -0.39 is 5.31 Å². The van der Waals surface area contributed by atoms with Crippen LogP contribution in [0.5, 0.6) is 0 Å². The zero-order valence-corrected chi connectivity index (χ0v) is 17.4. The van der Waals surface area contributed by atoms with Crippen LogP contribution in [0.2, 0.25) is 0 Å². The van der Waals surface area contributed by atoms with Gasteiger partial charge in [0.15, 0.2) is 0 Å². The number of benzene rings is 3. The van der Waals surface area contributed by atoms with Crippen LogP contribution < -0.4 is 15.9 Å². The summed E-state index contributed by atoms with van der Waals surface area (Å²) in [4.78, 5) is 11.9. The van der Waals surface area contributed by atoms with Gasteiger partial charge in [0.25, 0.3) is 0 Å². The summed E-state index contributed by atoms with van der Waals surface area (Å²) < 4.78 is 5.85. The molecule has 0 radical (unpaired) electrons. The van der Waals surface area contributed by atoms with Crippen LogP contribution in [0.3, 0.4) is 0 Å². The molecule has 0 N–H and O–H groups in total. The molecule has 26 heavy (non-hydrogen) atoms. The molecule has 4 heteroatoms. The van der Waals surface area contributed by atoms with Gasteiger partial charge in [0, 0.05) is 0 Å². The summed E-state index contributed by atoms with van der Waals surface area (Å²) in [7, 11) is 0. The van der Waals surface area contributed by atoms with Gasteiger partial charge in [-0.1, -0.05) is 0 Å². The number of rotatable bonds is 5. The van der Waals surface area contributed by atoms with Gasteiger partial charge in [-0.15, -0.1) is 0 Å². The number of esters is 1. The van der Waals surface area contributed by atoms with Gasteiger partial charge >= 0.3 is 163 Å². The van der Waals surface area contributed by atoms with Crippen molar-refractivity contribution in [1.82, 2.24) is 0 Å². The first-order valence-electron chi connectivity index (χ1n) is 8.55. The standard InChI is InChI=1S/C22H22BrO2P/c1-18(24)25-19(2)26(23,20-12-6-3-7-13-20,21-14-8-4-9-15-21)22-16-10-5-11-17-22/h3-17,19H,1-2H3. The van der Waals surface area contributed by atoms with Gasteiger partial charge < -0.3 is 0 Å². The van der Waals surface area contributed by atoms with E-state index in [2.05, 4.69) is 51.9 Å². The molecule has 0 fully saturated rings. The monoisotopic (exact) mass is 428 g/mol. The molecule has 1 atom stereocenters. The first kappa shape index (κ1) is 18.8. The van der Waals surface area contributed by atoms with E-state index in [4.69, 9.17) is 4.74 Å². The van der Waals surface area contributed by atoms with Crippen LogP contribution in [-0.2, 0) is 9.53 Å². The third-order valence-electron chi connectivity index (χ3n) is 4.80. The molecule has 0 aliphatic carbocycles. The quantitative estimate of drug-likeness (QED) is 0.433. The number of hydrogen-bond donors (Lipinski definition) is 0. The molecular weight excluding hydrogens is 407 g/mol. The molecule has 0 saturated heterocycles. The van der Waals surface area contributed by atoms with Crippen LogP contribution >= 0.6 is 20.8 Å². The number of ether oxygens (including phenoxy) is 1. The fraction of sp³-hybridized carbons (Fsp3) is 0.136. The van der Waals surface area contributed by atoms with E-state index in [9.17, 15) is 4.79 Å². The van der Waals surface area contributed by atoms with Crippen LogP contribution in [0, 0.1) is 0 Å². The number of halogens is 1. The summed E-state index contributed by atoms with van der Waals surface area (Å²) in [6.45, 7) is 3.45. The molecule has 3 aromatic rings. The van der Waals surface area contributed by atoms with Crippen molar-refractivity contribution in [3.05, 3.63) is 91.0 Å². The first-order valence-corrected chi connectivity index (χ1v) is 12.9. The number of hydrogen-bond acceptors (Lipinski definition) is 2. The van der Waals surface area contributed by atoms with E-state index in [-0.39, 0.29) is 11.8 Å². The molecule has 3 aromatic carbocycles. The van der Waals surface area contributed by atoms with Crippen LogP contribution in [0.15, 0.2) is 91.0 Å². The van der Waals surface area contributed by atoms with Gasteiger partial charge in [0.2, 0.25) is 0 Å². The van der Waals surface area contributed by atoms with Crippen molar-refractivity contribution in [3.8, 4) is 0 Å². The van der Waals surface area contributed by atoms with Gasteiger partial charge in [0.1, 0.15) is 0 Å². The minimum atomic E-state index is -3.24. The summed E-state index contributed by atoms with van der Waals surface area (Å²) in [6, 6.07) is 30.9. The zero-order valence-electron chi connectivity index (χ0n) is 14.9. The molecule has 1 unspecified atom stereocenters. The minimum absolute atomic E-state index is 0.284.